The van der Waals surface area contributed by atoms with Gasteiger partial charge in [0, 0.05) is 43.9 Å². The van der Waals surface area contributed by atoms with Gasteiger partial charge in [0.05, 0.1) is 30.4 Å². The number of hydrogen-bond donors (Lipinski definition) is 3. The number of aliphatic hydroxyl groups is 1. The van der Waals surface area contributed by atoms with Crippen LogP contribution in [0.25, 0.3) is 0 Å². The lowest BCUT2D eigenvalue weighted by atomic mass is 10.0. The predicted octanol–water partition coefficient (Wildman–Crippen LogP) is 4.87. The van der Waals surface area contributed by atoms with E-state index in [9.17, 15) is 14.7 Å². The maximum absolute atomic E-state index is 14.3. The first-order valence-electron chi connectivity index (χ1n) is 16.0. The highest BCUT2D eigenvalue weighted by molar-refractivity contribution is 5.99. The molecule has 248 valence electrons. The average Bonchev–Trinajstić information content (AvgIpc) is 3.46. The summed E-state index contributed by atoms with van der Waals surface area (Å²) in [6.07, 6.45) is 2.32. The quantitative estimate of drug-likeness (QED) is 0.380. The van der Waals surface area contributed by atoms with Gasteiger partial charge in [-0.25, -0.2) is 4.79 Å². The Balaban J connectivity index is 1.57. The molecule has 0 radical (unpaired) electrons. The van der Waals surface area contributed by atoms with Gasteiger partial charge in [-0.1, -0.05) is 13.0 Å². The molecule has 0 unspecified atom stereocenters. The number of aliphatic hydroxyl groups excluding tert-OH is 1. The number of carbonyl (C=O) groups excluding carboxylic acids is 2. The fourth-order valence-corrected chi connectivity index (χ4v) is 5.61. The summed E-state index contributed by atoms with van der Waals surface area (Å²) in [5, 5.41) is 15.8. The molecule has 2 aliphatic rings. The number of fused-ring (bicyclic) bond motifs is 2. The lowest BCUT2D eigenvalue weighted by Crippen LogP contribution is -2.47. The zero-order chi connectivity index (χ0) is 32.5. The first-order chi connectivity index (χ1) is 21.5. The minimum Gasteiger partial charge on any atom is -0.490 e. The summed E-state index contributed by atoms with van der Waals surface area (Å²) in [5.41, 5.74) is 1.93. The Morgan fingerprint density at radius 3 is 2.58 bits per heavy atom. The van der Waals surface area contributed by atoms with Gasteiger partial charge in [0.15, 0.2) is 11.5 Å². The smallest absolute Gasteiger partial charge is 0.319 e. The molecule has 0 spiro atoms. The summed E-state index contributed by atoms with van der Waals surface area (Å²) < 4.78 is 23.8. The second-order valence-corrected chi connectivity index (χ2v) is 12.6. The molecule has 3 N–H and O–H groups in total. The van der Waals surface area contributed by atoms with Crippen molar-refractivity contribution in [3.8, 4) is 17.2 Å². The largest absolute Gasteiger partial charge is 0.490 e. The van der Waals surface area contributed by atoms with E-state index in [1.807, 2.05) is 45.9 Å². The molecule has 11 nitrogen and oxygen atoms in total. The van der Waals surface area contributed by atoms with Crippen LogP contribution in [0.2, 0.25) is 0 Å². The maximum atomic E-state index is 14.3. The van der Waals surface area contributed by atoms with Crippen LogP contribution in [0.1, 0.15) is 69.8 Å². The number of hydrogen-bond acceptors (Lipinski definition) is 8. The monoisotopic (exact) mass is 626 g/mol. The third-order valence-electron chi connectivity index (χ3n) is 8.11. The number of rotatable bonds is 8. The highest BCUT2D eigenvalue weighted by atomic mass is 16.7. The molecular weight excluding hydrogens is 576 g/mol. The molecule has 4 rings (SSSR count). The molecule has 4 atom stereocenters. The van der Waals surface area contributed by atoms with Gasteiger partial charge in [0.2, 0.25) is 6.79 Å². The molecule has 0 bridgehead atoms. The molecular formula is C34H50N4O7. The average molecular weight is 627 g/mol. The van der Waals surface area contributed by atoms with E-state index in [1.54, 1.807) is 23.1 Å². The number of likely N-dealkylation sites (N-methyl/N-ethyl adjacent to an activating group) is 1. The Kier molecular flexibility index (Phi) is 12.3. The van der Waals surface area contributed by atoms with Gasteiger partial charge in [-0.15, -0.1) is 0 Å². The second-order valence-electron chi connectivity index (χ2n) is 12.6. The third-order valence-corrected chi connectivity index (χ3v) is 8.11. The van der Waals surface area contributed by atoms with Crippen LogP contribution in [0.15, 0.2) is 36.4 Å². The number of urea groups is 1. The summed E-state index contributed by atoms with van der Waals surface area (Å²) in [4.78, 5) is 30.6. The molecule has 2 aromatic rings. The lowest BCUT2D eigenvalue weighted by molar-refractivity contribution is -0.0177. The molecule has 45 heavy (non-hydrogen) atoms. The van der Waals surface area contributed by atoms with Crippen molar-refractivity contribution in [1.29, 1.82) is 0 Å². The van der Waals surface area contributed by atoms with Gasteiger partial charge in [-0.3, -0.25) is 9.69 Å². The van der Waals surface area contributed by atoms with Crippen molar-refractivity contribution in [2.24, 2.45) is 5.92 Å². The summed E-state index contributed by atoms with van der Waals surface area (Å²) in [5.74, 6) is 1.65. The van der Waals surface area contributed by atoms with Crippen molar-refractivity contribution in [2.75, 3.05) is 45.5 Å². The SMILES string of the molecule is CC(C)NC(=O)Nc1ccc2c(c1)C(=O)N([C@H](C)CO)C[C@@H](C)[C@H](CN(C)Cc1ccc3c(c1)OCO3)OCCCC[C@@H](C)O2. The van der Waals surface area contributed by atoms with Gasteiger partial charge in [-0.2, -0.15) is 0 Å². The van der Waals surface area contributed by atoms with E-state index in [0.29, 0.717) is 43.2 Å². The van der Waals surface area contributed by atoms with Gasteiger partial charge in [0.1, 0.15) is 5.75 Å². The summed E-state index contributed by atoms with van der Waals surface area (Å²) in [6, 6.07) is 10.3. The first kappa shape index (κ1) is 34.3. The highest BCUT2D eigenvalue weighted by Gasteiger charge is 2.30. The first-order valence-corrected chi connectivity index (χ1v) is 16.0. The van der Waals surface area contributed by atoms with Crippen molar-refractivity contribution in [1.82, 2.24) is 15.1 Å². The van der Waals surface area contributed by atoms with E-state index < -0.39 is 6.04 Å². The Labute approximate surface area is 267 Å². The Bertz CT molecular complexity index is 1290. The lowest BCUT2D eigenvalue weighted by Gasteiger charge is -2.36. The van der Waals surface area contributed by atoms with Gasteiger partial charge >= 0.3 is 6.03 Å². The molecule has 0 aliphatic carbocycles. The molecule has 2 aromatic carbocycles. The van der Waals surface area contributed by atoms with E-state index >= 15 is 0 Å². The van der Waals surface area contributed by atoms with Crippen LogP contribution in [0.3, 0.4) is 0 Å². The number of amides is 3. The van der Waals surface area contributed by atoms with Crippen LogP contribution in [-0.2, 0) is 11.3 Å². The maximum Gasteiger partial charge on any atom is 0.319 e. The summed E-state index contributed by atoms with van der Waals surface area (Å²) in [7, 11) is 2.06. The Morgan fingerprint density at radius 1 is 1.07 bits per heavy atom. The molecule has 0 saturated carbocycles. The number of carbonyl (C=O) groups is 2. The minimum atomic E-state index is -0.453. The normalized spacial score (nSPS) is 21.6. The second kappa shape index (κ2) is 16.1. The van der Waals surface area contributed by atoms with E-state index in [-0.39, 0.29) is 49.5 Å². The minimum absolute atomic E-state index is 0.0401. The molecule has 11 heteroatoms. The zero-order valence-corrected chi connectivity index (χ0v) is 27.5. The standard InChI is InChI=1S/C34H50N4O7/c1-22(2)35-34(41)36-27-11-13-29-28(16-27)33(40)38(24(4)20-39)17-23(3)32(42-14-8-7-9-25(5)45-29)19-37(6)18-26-10-12-30-31(15-26)44-21-43-30/h10-13,15-16,22-25,32,39H,7-9,14,17-21H2,1-6H3,(H2,35,36,41)/t23-,24-,25-,32+/m1/s1. The number of nitrogens with zero attached hydrogens (tertiary/aromatic N) is 2. The van der Waals surface area contributed by atoms with Crippen molar-refractivity contribution < 1.29 is 33.6 Å². The van der Waals surface area contributed by atoms with E-state index in [4.69, 9.17) is 18.9 Å². The topological polar surface area (TPSA) is 122 Å². The van der Waals surface area contributed by atoms with Crippen molar-refractivity contribution in [3.63, 3.8) is 0 Å². The molecule has 2 heterocycles. The van der Waals surface area contributed by atoms with Crippen LogP contribution in [0, 0.1) is 5.92 Å². The van der Waals surface area contributed by atoms with Crippen LogP contribution in [0.5, 0.6) is 17.2 Å². The van der Waals surface area contributed by atoms with E-state index in [1.165, 1.54) is 0 Å². The van der Waals surface area contributed by atoms with Gasteiger partial charge in [0.25, 0.3) is 5.91 Å². The third kappa shape index (κ3) is 9.72. The molecule has 2 aliphatic heterocycles. The highest BCUT2D eigenvalue weighted by Crippen LogP contribution is 2.33. The molecule has 0 fully saturated rings. The van der Waals surface area contributed by atoms with Crippen LogP contribution < -0.4 is 24.8 Å². The summed E-state index contributed by atoms with van der Waals surface area (Å²) in [6.45, 7) is 12.0. The zero-order valence-electron chi connectivity index (χ0n) is 27.5. The number of anilines is 1. The van der Waals surface area contributed by atoms with E-state index in [0.717, 1.165) is 36.3 Å². The molecule has 0 aromatic heterocycles. The van der Waals surface area contributed by atoms with Crippen LogP contribution in [0.4, 0.5) is 10.5 Å². The van der Waals surface area contributed by atoms with Crippen LogP contribution in [-0.4, -0.2) is 91.3 Å². The number of ether oxygens (including phenoxy) is 4. The fraction of sp³-hybridized carbons (Fsp3) is 0.588. The van der Waals surface area contributed by atoms with Crippen molar-refractivity contribution in [3.05, 3.63) is 47.5 Å². The Hall–Kier alpha value is -3.54. The predicted molar refractivity (Wildman–Crippen MR) is 173 cm³/mol. The van der Waals surface area contributed by atoms with Crippen molar-refractivity contribution >= 4 is 17.6 Å². The van der Waals surface area contributed by atoms with Gasteiger partial charge < -0.3 is 39.6 Å². The fourth-order valence-electron chi connectivity index (χ4n) is 5.61. The van der Waals surface area contributed by atoms with E-state index in [2.05, 4.69) is 29.5 Å². The Morgan fingerprint density at radius 2 is 1.82 bits per heavy atom. The van der Waals surface area contributed by atoms with Crippen LogP contribution >= 0.6 is 0 Å². The molecule has 0 saturated heterocycles. The summed E-state index contributed by atoms with van der Waals surface area (Å²) >= 11 is 0. The number of nitrogens with one attached hydrogen (secondary N) is 2. The molecule has 3 amide bonds. The van der Waals surface area contributed by atoms with Gasteiger partial charge in [-0.05, 0) is 89.9 Å². The van der Waals surface area contributed by atoms with Crippen molar-refractivity contribution in [2.45, 2.75) is 84.7 Å². The number of benzene rings is 2.